The Hall–Kier alpha value is -3.74. The van der Waals surface area contributed by atoms with Crippen molar-refractivity contribution < 1.29 is 62.1 Å². The monoisotopic (exact) mass is 708 g/mol. The Morgan fingerprint density at radius 3 is 1.70 bits per heavy atom. The highest BCUT2D eigenvalue weighted by atomic mass is 16.6. The van der Waals surface area contributed by atoms with Crippen LogP contribution in [-0.4, -0.2) is 154 Å². The molecular formula is C34H50N3O13+. The Bertz CT molecular complexity index is 1460. The number of carbonyl (C=O) groups excluding carboxylic acids is 2. The van der Waals surface area contributed by atoms with Gasteiger partial charge in [0.05, 0.1) is 117 Å². The van der Waals surface area contributed by atoms with Gasteiger partial charge in [0.25, 0.3) is 5.91 Å². The highest BCUT2D eigenvalue weighted by molar-refractivity contribution is 6.07. The van der Waals surface area contributed by atoms with Crippen molar-refractivity contribution in [3.05, 3.63) is 35.2 Å². The summed E-state index contributed by atoms with van der Waals surface area (Å²) in [5.74, 6) is -1.08. The van der Waals surface area contributed by atoms with Crippen molar-refractivity contribution in [1.82, 2.24) is 14.9 Å². The minimum Gasteiger partial charge on any atom is -0.504 e. The van der Waals surface area contributed by atoms with Crippen LogP contribution in [0.2, 0.25) is 0 Å². The molecule has 2 aliphatic rings. The molecule has 0 saturated carbocycles. The number of amides is 1. The number of hydrogen-bond donors (Lipinski definition) is 3. The zero-order valence-electron chi connectivity index (χ0n) is 28.9. The number of fused-ring (bicyclic) bond motifs is 2. The van der Waals surface area contributed by atoms with Crippen LogP contribution >= 0.6 is 0 Å². The van der Waals surface area contributed by atoms with Crippen LogP contribution in [0.5, 0.6) is 11.5 Å². The molecule has 0 saturated heterocycles. The molecule has 3 rings (SSSR count). The maximum Gasteiger partial charge on any atom is 0.253 e. The fourth-order valence-corrected chi connectivity index (χ4v) is 4.30. The first-order chi connectivity index (χ1) is 24.4. The highest BCUT2D eigenvalue weighted by Gasteiger charge is 2.22. The van der Waals surface area contributed by atoms with Crippen molar-refractivity contribution in [2.75, 3.05) is 126 Å². The van der Waals surface area contributed by atoms with Crippen molar-refractivity contribution in [3.63, 3.8) is 0 Å². The number of benzene rings is 2. The summed E-state index contributed by atoms with van der Waals surface area (Å²) in [7, 11) is 3.77. The van der Waals surface area contributed by atoms with Gasteiger partial charge in [-0.15, -0.1) is 0 Å². The summed E-state index contributed by atoms with van der Waals surface area (Å²) in [6.07, 6.45) is 1.22. The summed E-state index contributed by atoms with van der Waals surface area (Å²) >= 11 is 0. The van der Waals surface area contributed by atoms with E-state index in [0.29, 0.717) is 117 Å². The molecule has 1 heterocycles. The van der Waals surface area contributed by atoms with E-state index < -0.39 is 17.4 Å². The number of carbonyl (C=O) groups is 2. The SMILES string of the molecule is C[N+](C)=c1ccc2nc3c(C(=O)NCCOCCOCCOCCOCCOCCOCCOCCOCCC=O)cc(O)c(O)c3oc-2c1. The second-order valence-electron chi connectivity index (χ2n) is 10.8. The molecular weight excluding hydrogens is 658 g/mol. The van der Waals surface area contributed by atoms with Gasteiger partial charge < -0.3 is 62.6 Å². The van der Waals surface area contributed by atoms with E-state index in [0.717, 1.165) is 17.7 Å². The van der Waals surface area contributed by atoms with Crippen LogP contribution in [0.3, 0.4) is 0 Å². The van der Waals surface area contributed by atoms with Crippen LogP contribution in [0.1, 0.15) is 16.8 Å². The van der Waals surface area contributed by atoms with Crippen LogP contribution in [0.15, 0.2) is 28.7 Å². The third-order valence-corrected chi connectivity index (χ3v) is 6.87. The Morgan fingerprint density at radius 2 is 1.22 bits per heavy atom. The number of nitrogens with zero attached hydrogens (tertiary/aromatic N) is 2. The molecule has 3 N–H and O–H groups in total. The van der Waals surface area contributed by atoms with Crippen molar-refractivity contribution >= 4 is 23.3 Å². The van der Waals surface area contributed by atoms with Gasteiger partial charge in [-0.3, -0.25) is 4.79 Å². The Kier molecular flexibility index (Phi) is 19.9. The quantitative estimate of drug-likeness (QED) is 0.0316. The second kappa shape index (κ2) is 24.4. The van der Waals surface area contributed by atoms with Crippen LogP contribution in [-0.2, 0) is 42.7 Å². The summed E-state index contributed by atoms with van der Waals surface area (Å²) in [6.45, 7) is 7.03. The fraction of sp³-hybridized carbons (Fsp3) is 0.588. The normalized spacial score (nSPS) is 11.4. The number of aldehydes is 1. The third kappa shape index (κ3) is 15.0. The first kappa shape index (κ1) is 40.7. The summed E-state index contributed by atoms with van der Waals surface area (Å²) in [6, 6.07) is 6.54. The van der Waals surface area contributed by atoms with Gasteiger partial charge >= 0.3 is 0 Å². The lowest BCUT2D eigenvalue weighted by Gasteiger charge is -2.12. The molecule has 1 aliphatic heterocycles. The molecule has 1 aromatic rings. The average Bonchev–Trinajstić information content (AvgIpc) is 3.11. The van der Waals surface area contributed by atoms with E-state index in [2.05, 4.69) is 10.3 Å². The maximum absolute atomic E-state index is 12.9. The lowest BCUT2D eigenvalue weighted by Crippen LogP contribution is -2.28. The van der Waals surface area contributed by atoms with Gasteiger partial charge in [0, 0.05) is 19.0 Å². The lowest BCUT2D eigenvalue weighted by atomic mass is 10.1. The molecule has 0 fully saturated rings. The summed E-state index contributed by atoms with van der Waals surface area (Å²) < 4.78 is 51.1. The van der Waals surface area contributed by atoms with Gasteiger partial charge in [0.15, 0.2) is 17.1 Å². The predicted molar refractivity (Wildman–Crippen MR) is 181 cm³/mol. The molecule has 1 aliphatic carbocycles. The van der Waals surface area contributed by atoms with Gasteiger partial charge in [-0.1, -0.05) is 0 Å². The van der Waals surface area contributed by atoms with E-state index in [1.54, 1.807) is 12.1 Å². The molecule has 0 aromatic heterocycles. The number of hydrogen-bond acceptors (Lipinski definition) is 14. The first-order valence-electron chi connectivity index (χ1n) is 16.6. The van der Waals surface area contributed by atoms with E-state index in [1.165, 1.54) is 0 Å². The molecule has 1 amide bonds. The molecule has 1 aromatic carbocycles. The molecule has 50 heavy (non-hydrogen) atoms. The van der Waals surface area contributed by atoms with Crippen LogP contribution in [0, 0.1) is 0 Å². The smallest absolute Gasteiger partial charge is 0.253 e. The second-order valence-corrected chi connectivity index (χ2v) is 10.8. The summed E-state index contributed by atoms with van der Waals surface area (Å²) in [5.41, 5.74) is 0.601. The summed E-state index contributed by atoms with van der Waals surface area (Å²) in [4.78, 5) is 27.6. The molecule has 16 nitrogen and oxygen atoms in total. The molecule has 0 spiro atoms. The lowest BCUT2D eigenvalue weighted by molar-refractivity contribution is -0.109. The van der Waals surface area contributed by atoms with E-state index in [-0.39, 0.29) is 29.8 Å². The van der Waals surface area contributed by atoms with Gasteiger partial charge in [0.1, 0.15) is 31.6 Å². The molecule has 16 heteroatoms. The minimum absolute atomic E-state index is 0.0617. The fourth-order valence-electron chi connectivity index (χ4n) is 4.30. The molecule has 0 radical (unpaired) electrons. The number of ether oxygens (including phenoxy) is 8. The summed E-state index contributed by atoms with van der Waals surface area (Å²) in [5, 5.41) is 24.2. The van der Waals surface area contributed by atoms with Gasteiger partial charge in [-0.2, -0.15) is 0 Å². The van der Waals surface area contributed by atoms with Crippen molar-refractivity contribution in [2.45, 2.75) is 6.42 Å². The topological polar surface area (TPSA) is 190 Å². The van der Waals surface area contributed by atoms with Gasteiger partial charge in [0.2, 0.25) is 11.1 Å². The predicted octanol–water partition coefficient (Wildman–Crippen LogP) is 0.827. The molecule has 0 unspecified atom stereocenters. The average molecular weight is 709 g/mol. The van der Waals surface area contributed by atoms with Crippen LogP contribution < -0.4 is 15.2 Å². The number of aromatic hydroxyl groups is 2. The third-order valence-electron chi connectivity index (χ3n) is 6.87. The maximum atomic E-state index is 12.9. The Balaban J connectivity index is 1.14. The number of nitrogens with one attached hydrogen (secondary N) is 1. The van der Waals surface area contributed by atoms with Crippen molar-refractivity contribution in [2.24, 2.45) is 0 Å². The first-order valence-corrected chi connectivity index (χ1v) is 16.6. The molecule has 278 valence electrons. The largest absolute Gasteiger partial charge is 0.504 e. The van der Waals surface area contributed by atoms with Gasteiger partial charge in [-0.05, 0) is 12.1 Å². The van der Waals surface area contributed by atoms with E-state index >= 15 is 0 Å². The number of phenols is 2. The van der Waals surface area contributed by atoms with Crippen molar-refractivity contribution in [3.8, 4) is 23.0 Å². The number of rotatable bonds is 28. The van der Waals surface area contributed by atoms with Crippen LogP contribution in [0.4, 0.5) is 0 Å². The van der Waals surface area contributed by atoms with Crippen LogP contribution in [0.25, 0.3) is 22.6 Å². The Morgan fingerprint density at radius 1 is 0.740 bits per heavy atom. The standard InChI is InChI=1S/C34H49N3O13/c1-37(2)26-4-5-28-30(24-26)50-33-31(36-28)27(25-29(39)32(33)40)34(41)35-6-9-43-11-13-45-15-17-47-19-21-49-23-22-48-20-18-46-16-14-44-12-10-42-8-3-7-38/h4-5,7,24-25H,3,6,8-23H2,1-2H3,(H2,35,36,40,41)/p+1. The van der Waals surface area contributed by atoms with E-state index in [4.69, 9.17) is 42.3 Å². The zero-order chi connectivity index (χ0) is 35.8. The highest BCUT2D eigenvalue weighted by Crippen LogP contribution is 2.38. The van der Waals surface area contributed by atoms with E-state index in [1.807, 2.05) is 24.7 Å². The zero-order valence-corrected chi connectivity index (χ0v) is 28.9. The molecule has 0 atom stereocenters. The molecule has 0 bridgehead atoms. The number of phenolic OH excluding ortho intramolecular Hbond substituents is 2. The Labute approximate surface area is 291 Å². The van der Waals surface area contributed by atoms with Crippen molar-refractivity contribution in [1.29, 1.82) is 0 Å². The van der Waals surface area contributed by atoms with E-state index in [9.17, 15) is 19.8 Å². The van der Waals surface area contributed by atoms with Gasteiger partial charge in [-0.25, -0.2) is 9.56 Å². The number of aromatic nitrogens is 1. The minimum atomic E-state index is -0.499.